The zero-order chi connectivity index (χ0) is 16.2. The van der Waals surface area contributed by atoms with E-state index in [0.29, 0.717) is 6.54 Å². The van der Waals surface area contributed by atoms with Gasteiger partial charge in [0, 0.05) is 30.0 Å². The van der Waals surface area contributed by atoms with Crippen molar-refractivity contribution in [1.82, 2.24) is 10.3 Å². The van der Waals surface area contributed by atoms with E-state index in [-0.39, 0.29) is 12.0 Å². The molecule has 0 aliphatic rings. The molecule has 0 radical (unpaired) electrons. The summed E-state index contributed by atoms with van der Waals surface area (Å²) in [6.07, 6.45) is 0.908. The first kappa shape index (κ1) is 17.1. The molecule has 3 nitrogen and oxygen atoms in total. The van der Waals surface area contributed by atoms with Crippen LogP contribution >= 0.6 is 11.3 Å². The molecule has 2 N–H and O–H groups in total. The first-order chi connectivity index (χ1) is 10.4. The monoisotopic (exact) mass is 318 g/mol. The fraction of sp³-hybridized carbons (Fsp3) is 0.500. The van der Waals surface area contributed by atoms with Gasteiger partial charge in [0.2, 0.25) is 0 Å². The van der Waals surface area contributed by atoms with Crippen molar-refractivity contribution in [3.63, 3.8) is 0 Å². The summed E-state index contributed by atoms with van der Waals surface area (Å²) in [5, 5.41) is 13.1. The van der Waals surface area contributed by atoms with Gasteiger partial charge in [-0.2, -0.15) is 0 Å². The average molecular weight is 318 g/mol. The number of rotatable bonds is 6. The zero-order valence-electron chi connectivity index (χ0n) is 13.9. The molecule has 4 heteroatoms. The third kappa shape index (κ3) is 4.38. The molecule has 120 valence electrons. The van der Waals surface area contributed by atoms with Crippen molar-refractivity contribution in [3.05, 3.63) is 39.7 Å². The Bertz CT molecular complexity index is 597. The molecular formula is C18H26N2OS. The summed E-state index contributed by atoms with van der Waals surface area (Å²) in [6, 6.07) is 8.76. The summed E-state index contributed by atoms with van der Waals surface area (Å²) in [7, 11) is 0. The van der Waals surface area contributed by atoms with E-state index in [9.17, 15) is 0 Å². The van der Waals surface area contributed by atoms with E-state index in [4.69, 9.17) is 10.1 Å². The lowest BCUT2D eigenvalue weighted by Crippen LogP contribution is -2.20. The predicted molar refractivity (Wildman–Crippen MR) is 94.6 cm³/mol. The van der Waals surface area contributed by atoms with Crippen LogP contribution in [-0.4, -0.2) is 29.8 Å². The largest absolute Gasteiger partial charge is 0.395 e. The predicted octanol–water partition coefficient (Wildman–Crippen LogP) is 3.54. The first-order valence-corrected chi connectivity index (χ1v) is 8.62. The minimum absolute atomic E-state index is 0.180. The quantitative estimate of drug-likeness (QED) is 0.801. The summed E-state index contributed by atoms with van der Waals surface area (Å²) in [6.45, 7) is 10.5. The van der Waals surface area contributed by atoms with Gasteiger partial charge >= 0.3 is 0 Å². The number of benzene rings is 1. The molecule has 0 atom stereocenters. The highest BCUT2D eigenvalue weighted by Crippen LogP contribution is 2.30. The van der Waals surface area contributed by atoms with Gasteiger partial charge in [-0.3, -0.25) is 0 Å². The summed E-state index contributed by atoms with van der Waals surface area (Å²) in [5.74, 6) is 0. The van der Waals surface area contributed by atoms with Crippen LogP contribution in [0.15, 0.2) is 24.3 Å². The van der Waals surface area contributed by atoms with Crippen LogP contribution in [0.4, 0.5) is 0 Å². The van der Waals surface area contributed by atoms with Gasteiger partial charge in [0.15, 0.2) is 0 Å². The Morgan fingerprint density at radius 2 is 1.82 bits per heavy atom. The molecule has 0 unspecified atom stereocenters. The molecule has 0 bridgehead atoms. The minimum atomic E-state index is 0.180. The summed E-state index contributed by atoms with van der Waals surface area (Å²) in [4.78, 5) is 6.05. The summed E-state index contributed by atoms with van der Waals surface area (Å²) < 4.78 is 0. The van der Waals surface area contributed by atoms with Gasteiger partial charge in [-0.05, 0) is 17.9 Å². The second-order valence-corrected chi connectivity index (χ2v) is 7.85. The number of aliphatic hydroxyl groups is 1. The van der Waals surface area contributed by atoms with Gasteiger partial charge < -0.3 is 10.4 Å². The van der Waals surface area contributed by atoms with Crippen molar-refractivity contribution < 1.29 is 5.11 Å². The van der Waals surface area contributed by atoms with Crippen LogP contribution in [-0.2, 0) is 11.8 Å². The summed E-state index contributed by atoms with van der Waals surface area (Å²) >= 11 is 1.76. The van der Waals surface area contributed by atoms with Crippen LogP contribution in [0, 0.1) is 6.92 Å². The zero-order valence-corrected chi connectivity index (χ0v) is 14.8. The highest BCUT2D eigenvalue weighted by molar-refractivity contribution is 7.12. The Morgan fingerprint density at radius 1 is 1.14 bits per heavy atom. The van der Waals surface area contributed by atoms with Crippen molar-refractivity contribution in [2.45, 2.75) is 39.5 Å². The third-order valence-corrected chi connectivity index (χ3v) is 4.70. The number of hydrogen-bond donors (Lipinski definition) is 2. The van der Waals surface area contributed by atoms with E-state index in [2.05, 4.69) is 57.3 Å². The van der Waals surface area contributed by atoms with Crippen molar-refractivity contribution >= 4 is 11.3 Å². The Labute approximate surface area is 137 Å². The number of nitrogens with zero attached hydrogens (tertiary/aromatic N) is 1. The molecule has 2 rings (SSSR count). The van der Waals surface area contributed by atoms with Crippen LogP contribution in [0.1, 0.15) is 36.2 Å². The van der Waals surface area contributed by atoms with E-state index < -0.39 is 0 Å². The summed E-state index contributed by atoms with van der Waals surface area (Å²) in [5.41, 5.74) is 3.82. The molecule has 0 aliphatic carbocycles. The lowest BCUT2D eigenvalue weighted by atomic mass is 9.86. The Morgan fingerprint density at radius 3 is 2.41 bits per heavy atom. The average Bonchev–Trinajstić information content (AvgIpc) is 2.84. The van der Waals surface area contributed by atoms with Crippen molar-refractivity contribution in [2.75, 3.05) is 19.7 Å². The lowest BCUT2D eigenvalue weighted by Gasteiger charge is -2.19. The lowest BCUT2D eigenvalue weighted by molar-refractivity contribution is 0.293. The van der Waals surface area contributed by atoms with Crippen molar-refractivity contribution in [2.24, 2.45) is 0 Å². The molecule has 0 spiro atoms. The molecule has 22 heavy (non-hydrogen) atoms. The van der Waals surface area contributed by atoms with Gasteiger partial charge in [0.1, 0.15) is 0 Å². The molecule has 0 saturated heterocycles. The Hall–Kier alpha value is -1.23. The van der Waals surface area contributed by atoms with Crippen LogP contribution in [0.2, 0.25) is 0 Å². The minimum Gasteiger partial charge on any atom is -0.395 e. The molecule has 0 aliphatic heterocycles. The molecule has 1 heterocycles. The molecule has 1 aromatic heterocycles. The molecule has 0 saturated carbocycles. The van der Waals surface area contributed by atoms with Gasteiger partial charge in [-0.25, -0.2) is 4.98 Å². The van der Waals surface area contributed by atoms with Crippen LogP contribution in [0.5, 0.6) is 0 Å². The van der Waals surface area contributed by atoms with Crippen LogP contribution in [0.3, 0.4) is 0 Å². The number of hydrogen-bond acceptors (Lipinski definition) is 4. The molecular weight excluding hydrogens is 292 g/mol. The maximum absolute atomic E-state index is 8.76. The standard InChI is InChI=1S/C18H26N2OS/c1-13-17(20-16(22-13)9-10-19-11-12-21)14-5-7-15(8-6-14)18(2,3)4/h5-8,19,21H,9-12H2,1-4H3. The first-order valence-electron chi connectivity index (χ1n) is 7.80. The van der Waals surface area contributed by atoms with Crippen molar-refractivity contribution in [3.8, 4) is 11.3 Å². The smallest absolute Gasteiger partial charge is 0.0948 e. The van der Waals surface area contributed by atoms with E-state index in [1.807, 2.05) is 0 Å². The SMILES string of the molecule is Cc1sc(CCNCCO)nc1-c1ccc(C(C)(C)C)cc1. The van der Waals surface area contributed by atoms with E-state index in [0.717, 1.165) is 23.7 Å². The molecule has 0 fully saturated rings. The number of thiazole rings is 1. The van der Waals surface area contributed by atoms with E-state index in [1.54, 1.807) is 11.3 Å². The second kappa shape index (κ2) is 7.36. The maximum atomic E-state index is 8.76. The molecule has 2 aromatic rings. The molecule has 1 aromatic carbocycles. The number of aliphatic hydroxyl groups excluding tert-OH is 1. The highest BCUT2D eigenvalue weighted by atomic mass is 32.1. The van der Waals surface area contributed by atoms with Gasteiger partial charge in [-0.15, -0.1) is 11.3 Å². The van der Waals surface area contributed by atoms with Gasteiger partial charge in [0.05, 0.1) is 17.3 Å². The highest BCUT2D eigenvalue weighted by Gasteiger charge is 2.14. The number of aromatic nitrogens is 1. The third-order valence-electron chi connectivity index (χ3n) is 3.67. The molecule has 0 amide bonds. The van der Waals surface area contributed by atoms with Crippen LogP contribution < -0.4 is 5.32 Å². The van der Waals surface area contributed by atoms with Gasteiger partial charge in [0.25, 0.3) is 0 Å². The second-order valence-electron chi connectivity index (χ2n) is 6.56. The number of nitrogens with one attached hydrogen (secondary N) is 1. The van der Waals surface area contributed by atoms with Crippen molar-refractivity contribution in [1.29, 1.82) is 0 Å². The van der Waals surface area contributed by atoms with Crippen LogP contribution in [0.25, 0.3) is 11.3 Å². The maximum Gasteiger partial charge on any atom is 0.0948 e. The fourth-order valence-electron chi connectivity index (χ4n) is 2.35. The Balaban J connectivity index is 2.10. The fourth-order valence-corrected chi connectivity index (χ4v) is 3.31. The normalized spacial score (nSPS) is 11.9. The number of aryl methyl sites for hydroxylation is 1. The van der Waals surface area contributed by atoms with E-state index >= 15 is 0 Å². The van der Waals surface area contributed by atoms with E-state index in [1.165, 1.54) is 16.0 Å². The van der Waals surface area contributed by atoms with Gasteiger partial charge in [-0.1, -0.05) is 45.0 Å². The topological polar surface area (TPSA) is 45.1 Å². The Kier molecular flexibility index (Phi) is 5.73.